The van der Waals surface area contributed by atoms with Crippen LogP contribution in [0.15, 0.2) is 53.3 Å². The van der Waals surface area contributed by atoms with Crippen molar-refractivity contribution in [2.45, 2.75) is 26.8 Å². The van der Waals surface area contributed by atoms with Gasteiger partial charge in [0.25, 0.3) is 11.8 Å². The first kappa shape index (κ1) is 20.4. The van der Waals surface area contributed by atoms with Crippen LogP contribution in [0.4, 0.5) is 5.95 Å². The number of carbonyl (C=O) groups is 2. The van der Waals surface area contributed by atoms with Gasteiger partial charge in [-0.1, -0.05) is 11.2 Å². The van der Waals surface area contributed by atoms with Crippen molar-refractivity contribution in [2.75, 3.05) is 5.32 Å². The smallest absolute Gasteiger partial charge is 0.296 e. The highest BCUT2D eigenvalue weighted by Crippen LogP contribution is 2.20. The number of anilines is 1. The Morgan fingerprint density at radius 3 is 2.79 bits per heavy atom. The van der Waals surface area contributed by atoms with Gasteiger partial charge in [-0.05, 0) is 56.2 Å². The lowest BCUT2D eigenvalue weighted by atomic mass is 10.1. The lowest BCUT2D eigenvalue weighted by molar-refractivity contribution is 0.0937. The van der Waals surface area contributed by atoms with Crippen LogP contribution >= 0.6 is 0 Å². The molecule has 0 radical (unpaired) electrons. The minimum atomic E-state index is -0.498. The van der Waals surface area contributed by atoms with Crippen molar-refractivity contribution in [3.63, 3.8) is 0 Å². The number of pyridine rings is 1. The van der Waals surface area contributed by atoms with Crippen molar-refractivity contribution < 1.29 is 14.1 Å². The minimum absolute atomic E-state index is 0.00917. The fourth-order valence-corrected chi connectivity index (χ4v) is 3.56. The molecule has 3 N–H and O–H groups in total. The average Bonchev–Trinajstić information content (AvgIpc) is 3.52. The summed E-state index contributed by atoms with van der Waals surface area (Å²) in [5, 5.41) is 13.7. The highest BCUT2D eigenvalue weighted by molar-refractivity contribution is 6.02. The van der Waals surface area contributed by atoms with Crippen molar-refractivity contribution in [1.29, 1.82) is 0 Å². The molecular weight excluding hydrogens is 422 g/mol. The molecule has 10 heteroatoms. The molecule has 10 nitrogen and oxygen atoms in total. The Labute approximate surface area is 188 Å². The Balaban J connectivity index is 1.28. The van der Waals surface area contributed by atoms with E-state index in [-0.39, 0.29) is 11.7 Å². The third kappa shape index (κ3) is 3.82. The topological polar surface area (TPSA) is 130 Å². The van der Waals surface area contributed by atoms with E-state index in [2.05, 4.69) is 30.9 Å². The summed E-state index contributed by atoms with van der Waals surface area (Å²) in [6.07, 6.45) is 3.28. The summed E-state index contributed by atoms with van der Waals surface area (Å²) in [5.74, 6) is -0.477. The maximum Gasteiger partial charge on any atom is 0.296 e. The normalized spacial score (nSPS) is 12.2. The van der Waals surface area contributed by atoms with E-state index in [1.165, 1.54) is 12.3 Å². The molecule has 0 spiro atoms. The van der Waals surface area contributed by atoms with Crippen LogP contribution in [0.1, 0.15) is 50.7 Å². The van der Waals surface area contributed by atoms with Gasteiger partial charge >= 0.3 is 0 Å². The van der Waals surface area contributed by atoms with Crippen molar-refractivity contribution in [3.05, 3.63) is 76.9 Å². The van der Waals surface area contributed by atoms with E-state index in [9.17, 15) is 9.59 Å². The predicted octanol–water partition coefficient (Wildman–Crippen LogP) is 3.56. The third-order valence-corrected chi connectivity index (χ3v) is 5.54. The van der Waals surface area contributed by atoms with Gasteiger partial charge in [-0.25, -0.2) is 9.50 Å². The maximum atomic E-state index is 12.7. The molecular formula is C23H21N7O3. The SMILES string of the molecule is Cc1cc2nc(NC(=O)c3cc([C@@H](C)NC(=O)c4cnn5ccccc45)no3)[nH]c2cc1C. The average molecular weight is 443 g/mol. The summed E-state index contributed by atoms with van der Waals surface area (Å²) in [6, 6.07) is 10.4. The van der Waals surface area contributed by atoms with E-state index in [0.29, 0.717) is 22.7 Å². The fraction of sp³-hybridized carbons (Fsp3) is 0.174. The van der Waals surface area contributed by atoms with Gasteiger partial charge in [0.2, 0.25) is 11.7 Å². The number of hydrogen-bond acceptors (Lipinski definition) is 6. The number of rotatable bonds is 5. The number of aryl methyl sites for hydroxylation is 2. The maximum absolute atomic E-state index is 12.7. The minimum Gasteiger partial charge on any atom is -0.351 e. The second-order valence-corrected chi connectivity index (χ2v) is 7.89. The zero-order valence-corrected chi connectivity index (χ0v) is 18.2. The second-order valence-electron chi connectivity index (χ2n) is 7.89. The van der Waals surface area contributed by atoms with Gasteiger partial charge in [0, 0.05) is 12.3 Å². The van der Waals surface area contributed by atoms with Crippen molar-refractivity contribution in [2.24, 2.45) is 0 Å². The van der Waals surface area contributed by atoms with Gasteiger partial charge in [0.05, 0.1) is 34.4 Å². The van der Waals surface area contributed by atoms with Crippen molar-refractivity contribution in [3.8, 4) is 0 Å². The molecule has 4 aromatic heterocycles. The van der Waals surface area contributed by atoms with Crippen molar-refractivity contribution >= 4 is 34.3 Å². The molecule has 5 aromatic rings. The van der Waals surface area contributed by atoms with Crippen LogP contribution in [0, 0.1) is 13.8 Å². The lowest BCUT2D eigenvalue weighted by Gasteiger charge is -2.09. The molecule has 0 bridgehead atoms. The molecule has 5 rings (SSSR count). The van der Waals surface area contributed by atoms with Gasteiger partial charge in [-0.3, -0.25) is 14.9 Å². The highest BCUT2D eigenvalue weighted by Gasteiger charge is 2.21. The second kappa shape index (κ2) is 7.90. The van der Waals surface area contributed by atoms with Gasteiger partial charge in [-0.15, -0.1) is 0 Å². The zero-order chi connectivity index (χ0) is 23.1. The molecule has 1 aromatic carbocycles. The summed E-state index contributed by atoms with van der Waals surface area (Å²) in [6.45, 7) is 5.78. The molecule has 0 aliphatic heterocycles. The number of aromatic nitrogens is 5. The Kier molecular flexibility index (Phi) is 4.89. The molecule has 0 saturated carbocycles. The number of hydrogen-bond donors (Lipinski definition) is 3. The molecule has 0 aliphatic rings. The monoisotopic (exact) mass is 443 g/mol. The number of nitrogens with one attached hydrogen (secondary N) is 3. The Hall–Kier alpha value is -4.47. The van der Waals surface area contributed by atoms with Crippen LogP contribution in [0.5, 0.6) is 0 Å². The van der Waals surface area contributed by atoms with Gasteiger partial charge < -0.3 is 14.8 Å². The van der Waals surface area contributed by atoms with E-state index in [1.54, 1.807) is 17.6 Å². The van der Waals surface area contributed by atoms with E-state index in [4.69, 9.17) is 4.52 Å². The predicted molar refractivity (Wildman–Crippen MR) is 121 cm³/mol. The van der Waals surface area contributed by atoms with E-state index in [1.807, 2.05) is 44.2 Å². The number of carbonyl (C=O) groups excluding carboxylic acids is 2. The quantitative estimate of drug-likeness (QED) is 0.381. The third-order valence-electron chi connectivity index (χ3n) is 5.54. The lowest BCUT2D eigenvalue weighted by Crippen LogP contribution is -2.26. The van der Waals surface area contributed by atoms with Crippen LogP contribution in [-0.4, -0.2) is 36.6 Å². The van der Waals surface area contributed by atoms with Crippen LogP contribution < -0.4 is 10.6 Å². The zero-order valence-electron chi connectivity index (χ0n) is 18.2. The number of imidazole rings is 1. The van der Waals surface area contributed by atoms with E-state index < -0.39 is 11.9 Å². The Morgan fingerprint density at radius 1 is 1.12 bits per heavy atom. The molecule has 33 heavy (non-hydrogen) atoms. The van der Waals surface area contributed by atoms with Crippen LogP contribution in [0.2, 0.25) is 0 Å². The van der Waals surface area contributed by atoms with Gasteiger partial charge in [-0.2, -0.15) is 5.10 Å². The summed E-state index contributed by atoms with van der Waals surface area (Å²) >= 11 is 0. The first-order valence-corrected chi connectivity index (χ1v) is 10.4. The summed E-state index contributed by atoms with van der Waals surface area (Å²) in [7, 11) is 0. The Bertz CT molecular complexity index is 1470. The van der Waals surface area contributed by atoms with Crippen LogP contribution in [-0.2, 0) is 0 Å². The van der Waals surface area contributed by atoms with Crippen LogP contribution in [0.25, 0.3) is 16.6 Å². The first-order chi connectivity index (χ1) is 15.9. The van der Waals surface area contributed by atoms with Crippen LogP contribution in [0.3, 0.4) is 0 Å². The van der Waals surface area contributed by atoms with Gasteiger partial charge in [0.1, 0.15) is 5.69 Å². The summed E-state index contributed by atoms with van der Waals surface area (Å²) < 4.78 is 6.83. The summed E-state index contributed by atoms with van der Waals surface area (Å²) in [5.41, 5.74) is 5.39. The first-order valence-electron chi connectivity index (χ1n) is 10.4. The van der Waals surface area contributed by atoms with E-state index in [0.717, 1.165) is 22.2 Å². The largest absolute Gasteiger partial charge is 0.351 e. The molecule has 2 amide bonds. The number of H-pyrrole nitrogens is 1. The fourth-order valence-electron chi connectivity index (χ4n) is 3.56. The van der Waals surface area contributed by atoms with Crippen molar-refractivity contribution in [1.82, 2.24) is 30.1 Å². The number of benzene rings is 1. The van der Waals surface area contributed by atoms with E-state index >= 15 is 0 Å². The molecule has 0 fully saturated rings. The highest BCUT2D eigenvalue weighted by atomic mass is 16.5. The standard InChI is InChI=1S/C23H21N7O3/c1-12-8-17-18(9-13(12)2)27-23(26-17)28-22(32)20-10-16(29-33-20)14(3)25-21(31)15-11-24-30-7-5-4-6-19(15)30/h4-11,14H,1-3H3,(H,25,31)(H2,26,27,28,32)/t14-/m1/s1. The molecule has 4 heterocycles. The van der Waals surface area contributed by atoms with Gasteiger partial charge in [0.15, 0.2) is 0 Å². The Morgan fingerprint density at radius 2 is 1.94 bits per heavy atom. The number of nitrogens with zero attached hydrogens (tertiary/aromatic N) is 4. The molecule has 166 valence electrons. The number of aromatic amines is 1. The molecule has 0 saturated heterocycles. The molecule has 0 unspecified atom stereocenters. The number of fused-ring (bicyclic) bond motifs is 2. The number of amides is 2. The molecule has 0 aliphatic carbocycles. The summed E-state index contributed by atoms with van der Waals surface area (Å²) in [4.78, 5) is 32.8. The molecule has 1 atom stereocenters.